The molecule has 0 aliphatic carbocycles. The first kappa shape index (κ1) is 5.88. The van der Waals surface area contributed by atoms with E-state index in [1.54, 1.807) is 6.92 Å². The van der Waals surface area contributed by atoms with Gasteiger partial charge in [0.2, 0.25) is 0 Å². The first-order chi connectivity index (χ1) is 4.20. The Bertz CT molecular complexity index is 261. The molecule has 0 aliphatic rings. The normalized spacial score (nSPS) is 9.44. The van der Waals surface area contributed by atoms with Crippen molar-refractivity contribution in [3.63, 3.8) is 0 Å². The predicted octanol–water partition coefficient (Wildman–Crippen LogP) is 0.654. The number of aromatic hydroxyl groups is 1. The van der Waals surface area contributed by atoms with E-state index in [0.717, 1.165) is 6.07 Å². The van der Waals surface area contributed by atoms with Crippen LogP contribution in [0.25, 0.3) is 0 Å². The molecule has 0 fully saturated rings. The van der Waals surface area contributed by atoms with Crippen LogP contribution in [0.2, 0.25) is 0 Å². The molecule has 0 saturated heterocycles. The molecule has 1 heterocycles. The van der Waals surface area contributed by atoms with Gasteiger partial charge < -0.3 is 9.52 Å². The van der Waals surface area contributed by atoms with Crippen molar-refractivity contribution >= 4 is 0 Å². The van der Waals surface area contributed by atoms with Gasteiger partial charge in [-0.2, -0.15) is 0 Å². The summed E-state index contributed by atoms with van der Waals surface area (Å²) in [6, 6.07) is 1.04. The topological polar surface area (TPSA) is 50.4 Å². The summed E-state index contributed by atoms with van der Waals surface area (Å²) >= 11 is 0. The van der Waals surface area contributed by atoms with E-state index >= 15 is 0 Å². The SMILES string of the molecule is Cc1coc(O)cc1=O. The molecule has 0 atom stereocenters. The first-order valence-corrected chi connectivity index (χ1v) is 2.48. The highest BCUT2D eigenvalue weighted by Crippen LogP contribution is 2.02. The highest BCUT2D eigenvalue weighted by atomic mass is 16.5. The van der Waals surface area contributed by atoms with Crippen LogP contribution in [0.5, 0.6) is 5.95 Å². The molecule has 1 aromatic heterocycles. The lowest BCUT2D eigenvalue weighted by atomic mass is 10.3. The minimum absolute atomic E-state index is 0.209. The molecule has 48 valence electrons. The van der Waals surface area contributed by atoms with Crippen LogP contribution in [0.15, 0.2) is 21.5 Å². The smallest absolute Gasteiger partial charge is 0.285 e. The molecule has 0 radical (unpaired) electrons. The number of rotatable bonds is 0. The van der Waals surface area contributed by atoms with Gasteiger partial charge in [0.25, 0.3) is 5.95 Å². The quantitative estimate of drug-likeness (QED) is 0.555. The van der Waals surface area contributed by atoms with Crippen LogP contribution in [0, 0.1) is 6.92 Å². The summed E-state index contributed by atoms with van der Waals surface area (Å²) in [5, 5.41) is 8.57. The summed E-state index contributed by atoms with van der Waals surface area (Å²) in [5.74, 6) is -0.342. The molecular formula is C6H6O3. The molecule has 0 saturated carbocycles. The molecule has 0 spiro atoms. The fourth-order valence-electron chi connectivity index (χ4n) is 0.467. The lowest BCUT2D eigenvalue weighted by molar-refractivity contribution is 0.320. The Morgan fingerprint density at radius 3 is 2.78 bits per heavy atom. The van der Waals surface area contributed by atoms with Gasteiger partial charge >= 0.3 is 0 Å². The van der Waals surface area contributed by atoms with Gasteiger partial charge in [-0.05, 0) is 6.92 Å². The second-order valence-corrected chi connectivity index (χ2v) is 1.77. The molecule has 0 unspecified atom stereocenters. The molecule has 0 aromatic carbocycles. The maximum Gasteiger partial charge on any atom is 0.285 e. The Balaban J connectivity index is 3.34. The Labute approximate surface area is 51.6 Å². The molecule has 3 heteroatoms. The molecule has 0 aliphatic heterocycles. The zero-order chi connectivity index (χ0) is 6.85. The van der Waals surface area contributed by atoms with Crippen LogP contribution in [0.3, 0.4) is 0 Å². The third kappa shape index (κ3) is 1.10. The summed E-state index contributed by atoms with van der Waals surface area (Å²) in [6.07, 6.45) is 1.22. The van der Waals surface area contributed by atoms with E-state index < -0.39 is 0 Å². The van der Waals surface area contributed by atoms with Gasteiger partial charge in [-0.1, -0.05) is 0 Å². The van der Waals surface area contributed by atoms with Gasteiger partial charge in [0, 0.05) is 5.56 Å². The third-order valence-electron chi connectivity index (χ3n) is 1.000. The second kappa shape index (κ2) is 1.93. The lowest BCUT2D eigenvalue weighted by Crippen LogP contribution is -2.00. The van der Waals surface area contributed by atoms with Crippen molar-refractivity contribution in [3.05, 3.63) is 28.1 Å². The van der Waals surface area contributed by atoms with Crippen molar-refractivity contribution in [1.82, 2.24) is 0 Å². The number of hydrogen-bond donors (Lipinski definition) is 1. The zero-order valence-corrected chi connectivity index (χ0v) is 4.92. The summed E-state index contributed by atoms with van der Waals surface area (Å²) in [4.78, 5) is 10.6. The van der Waals surface area contributed by atoms with E-state index in [-0.39, 0.29) is 11.4 Å². The van der Waals surface area contributed by atoms with E-state index in [1.165, 1.54) is 6.26 Å². The van der Waals surface area contributed by atoms with Crippen LogP contribution in [0.4, 0.5) is 0 Å². The molecular weight excluding hydrogens is 120 g/mol. The van der Waals surface area contributed by atoms with E-state index in [0.29, 0.717) is 5.56 Å². The number of aryl methyl sites for hydroxylation is 1. The first-order valence-electron chi connectivity index (χ1n) is 2.48. The van der Waals surface area contributed by atoms with E-state index in [2.05, 4.69) is 4.42 Å². The molecule has 1 rings (SSSR count). The van der Waals surface area contributed by atoms with Crippen LogP contribution in [-0.2, 0) is 0 Å². The van der Waals surface area contributed by atoms with Gasteiger partial charge in [0.15, 0.2) is 5.43 Å². The van der Waals surface area contributed by atoms with Crippen molar-refractivity contribution in [3.8, 4) is 5.95 Å². The molecule has 0 amide bonds. The van der Waals surface area contributed by atoms with E-state index in [1.807, 2.05) is 0 Å². The second-order valence-electron chi connectivity index (χ2n) is 1.77. The monoisotopic (exact) mass is 126 g/mol. The maximum atomic E-state index is 10.6. The molecule has 1 aromatic rings. The summed E-state index contributed by atoms with van der Waals surface area (Å²) in [5.41, 5.74) is 0.284. The average molecular weight is 126 g/mol. The lowest BCUT2D eigenvalue weighted by Gasteiger charge is -1.88. The van der Waals surface area contributed by atoms with E-state index in [4.69, 9.17) is 5.11 Å². The van der Waals surface area contributed by atoms with Crippen molar-refractivity contribution in [2.45, 2.75) is 6.92 Å². The minimum Gasteiger partial charge on any atom is -0.481 e. The molecule has 3 nitrogen and oxygen atoms in total. The van der Waals surface area contributed by atoms with Crippen LogP contribution >= 0.6 is 0 Å². The summed E-state index contributed by atoms with van der Waals surface area (Å²) < 4.78 is 4.49. The highest BCUT2D eigenvalue weighted by molar-refractivity contribution is 5.11. The molecule has 1 N–H and O–H groups in total. The van der Waals surface area contributed by atoms with Crippen LogP contribution in [-0.4, -0.2) is 5.11 Å². The zero-order valence-electron chi connectivity index (χ0n) is 4.92. The van der Waals surface area contributed by atoms with Gasteiger partial charge in [-0.3, -0.25) is 4.79 Å². The molecule has 0 bridgehead atoms. The Hall–Kier alpha value is -1.25. The minimum atomic E-state index is -0.342. The van der Waals surface area contributed by atoms with Gasteiger partial charge in [0.1, 0.15) is 6.26 Å². The molecule has 9 heavy (non-hydrogen) atoms. The Kier molecular flexibility index (Phi) is 1.26. The fraction of sp³-hybridized carbons (Fsp3) is 0.167. The fourth-order valence-corrected chi connectivity index (χ4v) is 0.467. The average Bonchev–Trinajstić information content (AvgIpc) is 1.80. The van der Waals surface area contributed by atoms with Crippen molar-refractivity contribution in [2.75, 3.05) is 0 Å². The standard InChI is InChI=1S/C6H6O3/c1-4-3-9-6(8)2-5(4)7/h2-3,8H,1H3. The summed E-state index contributed by atoms with van der Waals surface area (Å²) in [6.45, 7) is 1.62. The van der Waals surface area contributed by atoms with Gasteiger partial charge in [-0.25, -0.2) is 0 Å². The van der Waals surface area contributed by atoms with E-state index in [9.17, 15) is 4.79 Å². The Morgan fingerprint density at radius 1 is 1.67 bits per heavy atom. The number of hydrogen-bond acceptors (Lipinski definition) is 3. The highest BCUT2D eigenvalue weighted by Gasteiger charge is 1.93. The van der Waals surface area contributed by atoms with Crippen LogP contribution in [0.1, 0.15) is 5.56 Å². The van der Waals surface area contributed by atoms with Crippen molar-refractivity contribution < 1.29 is 9.52 Å². The predicted molar refractivity (Wildman–Crippen MR) is 31.4 cm³/mol. The van der Waals surface area contributed by atoms with Gasteiger partial charge in [0.05, 0.1) is 6.07 Å². The van der Waals surface area contributed by atoms with Crippen molar-refractivity contribution in [2.24, 2.45) is 0 Å². The maximum absolute atomic E-state index is 10.6. The third-order valence-corrected chi connectivity index (χ3v) is 1.000. The Morgan fingerprint density at radius 2 is 2.33 bits per heavy atom. The van der Waals surface area contributed by atoms with Gasteiger partial charge in [-0.15, -0.1) is 0 Å². The largest absolute Gasteiger partial charge is 0.481 e. The van der Waals surface area contributed by atoms with Crippen molar-refractivity contribution in [1.29, 1.82) is 0 Å². The van der Waals surface area contributed by atoms with Crippen LogP contribution < -0.4 is 5.43 Å². The summed E-state index contributed by atoms with van der Waals surface area (Å²) in [7, 11) is 0.